The van der Waals surface area contributed by atoms with Gasteiger partial charge in [-0.05, 0) is 24.3 Å². The van der Waals surface area contributed by atoms with Gasteiger partial charge in [-0.2, -0.15) is 0 Å². The molecule has 0 saturated heterocycles. The van der Waals surface area contributed by atoms with Crippen LogP contribution in [0, 0.1) is 0 Å². The van der Waals surface area contributed by atoms with Gasteiger partial charge in [0.2, 0.25) is 10.0 Å². The third kappa shape index (κ3) is 4.44. The molecule has 0 radical (unpaired) electrons. The number of nitrogens with two attached hydrogens (primary N) is 1. The second-order valence-electron chi connectivity index (χ2n) is 4.55. The summed E-state index contributed by atoms with van der Waals surface area (Å²) in [5.74, 6) is 0.678. The maximum absolute atomic E-state index is 12.2. The number of amides is 1. The number of carbonyl (C=O) groups is 1. The van der Waals surface area contributed by atoms with Crippen molar-refractivity contribution in [3.63, 3.8) is 0 Å². The Morgan fingerprint density at radius 3 is 2.26 bits per heavy atom. The Morgan fingerprint density at radius 2 is 1.78 bits per heavy atom. The fourth-order valence-electron chi connectivity index (χ4n) is 1.81. The van der Waals surface area contributed by atoms with Gasteiger partial charge >= 0.3 is 0 Å². The van der Waals surface area contributed by atoms with Crippen LogP contribution in [-0.2, 0) is 16.6 Å². The summed E-state index contributed by atoms with van der Waals surface area (Å²) in [5, 5.41) is 7.76. The molecule has 0 aliphatic carbocycles. The van der Waals surface area contributed by atoms with Gasteiger partial charge in [-0.15, -0.1) is 11.3 Å². The molecule has 0 spiro atoms. The number of hydrogen-bond donors (Lipinski definition) is 2. The molecule has 0 bridgehead atoms. The van der Waals surface area contributed by atoms with Gasteiger partial charge in [0.05, 0.1) is 20.8 Å². The van der Waals surface area contributed by atoms with Gasteiger partial charge in [0.25, 0.3) is 5.91 Å². The first kappa shape index (κ1) is 17.3. The van der Waals surface area contributed by atoms with Crippen molar-refractivity contribution in [2.75, 3.05) is 14.2 Å². The minimum Gasteiger partial charge on any atom is -0.497 e. The molecule has 2 rings (SSSR count). The number of primary sulfonamides is 1. The van der Waals surface area contributed by atoms with E-state index in [9.17, 15) is 13.2 Å². The number of thiophene rings is 1. The molecule has 0 unspecified atom stereocenters. The molecule has 9 heteroatoms. The van der Waals surface area contributed by atoms with E-state index in [0.29, 0.717) is 21.9 Å². The van der Waals surface area contributed by atoms with Crippen LogP contribution in [0.15, 0.2) is 34.5 Å². The average Bonchev–Trinajstić information content (AvgIpc) is 3.01. The van der Waals surface area contributed by atoms with Gasteiger partial charge in [0, 0.05) is 16.5 Å². The molecule has 1 aromatic heterocycles. The molecular formula is C14H16N2O5S2. The molecule has 3 N–H and O–H groups in total. The van der Waals surface area contributed by atoms with E-state index in [1.165, 1.54) is 20.3 Å². The highest BCUT2D eigenvalue weighted by atomic mass is 32.2. The topological polar surface area (TPSA) is 108 Å². The summed E-state index contributed by atoms with van der Waals surface area (Å²) in [6.07, 6.45) is 0. The summed E-state index contributed by atoms with van der Waals surface area (Å²) in [7, 11) is -0.724. The Bertz CT molecular complexity index is 792. The van der Waals surface area contributed by atoms with E-state index in [-0.39, 0.29) is 16.7 Å². The fraction of sp³-hybridized carbons (Fsp3) is 0.214. The van der Waals surface area contributed by atoms with Gasteiger partial charge in [-0.3, -0.25) is 4.79 Å². The number of carbonyl (C=O) groups excluding carboxylic acids is 1. The molecule has 23 heavy (non-hydrogen) atoms. The Hall–Kier alpha value is -2.10. The molecule has 0 atom stereocenters. The number of rotatable bonds is 6. The lowest BCUT2D eigenvalue weighted by Crippen LogP contribution is -2.22. The molecular weight excluding hydrogens is 340 g/mol. The second kappa shape index (κ2) is 6.99. The van der Waals surface area contributed by atoms with Crippen LogP contribution >= 0.6 is 11.3 Å². The maximum Gasteiger partial charge on any atom is 0.251 e. The first-order chi connectivity index (χ1) is 10.8. The standard InChI is InChI=1S/C14H16N2O5S2/c1-20-10-5-9(6-11(7-10)21-2)14(17)16-8-12-3-4-13(22-12)23(15,18)19/h3-7H,8H2,1-2H3,(H,16,17)(H2,15,18,19). The molecule has 124 valence electrons. The number of sulfonamides is 1. The average molecular weight is 356 g/mol. The predicted octanol–water partition coefficient (Wildman–Crippen LogP) is 1.34. The summed E-state index contributed by atoms with van der Waals surface area (Å²) in [6, 6.07) is 7.85. The highest BCUT2D eigenvalue weighted by Gasteiger charge is 2.13. The lowest BCUT2D eigenvalue weighted by Gasteiger charge is -2.08. The fourth-order valence-corrected chi connectivity index (χ4v) is 3.53. The van der Waals surface area contributed by atoms with E-state index in [0.717, 1.165) is 11.3 Å². The molecule has 1 amide bonds. The van der Waals surface area contributed by atoms with Gasteiger partial charge in [-0.1, -0.05) is 0 Å². The lowest BCUT2D eigenvalue weighted by molar-refractivity contribution is 0.0950. The first-order valence-corrected chi connectivity index (χ1v) is 8.82. The van der Waals surface area contributed by atoms with Crippen LogP contribution in [0.5, 0.6) is 11.5 Å². The van der Waals surface area contributed by atoms with Crippen molar-refractivity contribution < 1.29 is 22.7 Å². The van der Waals surface area contributed by atoms with Crippen molar-refractivity contribution in [1.29, 1.82) is 0 Å². The second-order valence-corrected chi connectivity index (χ2v) is 7.51. The van der Waals surface area contributed by atoms with Gasteiger partial charge < -0.3 is 14.8 Å². The molecule has 0 fully saturated rings. The van der Waals surface area contributed by atoms with Crippen LogP contribution in [0.25, 0.3) is 0 Å². The third-order valence-electron chi connectivity index (χ3n) is 2.95. The minimum atomic E-state index is -3.72. The summed E-state index contributed by atoms with van der Waals surface area (Å²) < 4.78 is 32.7. The van der Waals surface area contributed by atoms with Gasteiger partial charge in [-0.25, -0.2) is 13.6 Å². The largest absolute Gasteiger partial charge is 0.497 e. The van der Waals surface area contributed by atoms with Crippen LogP contribution in [0.3, 0.4) is 0 Å². The number of hydrogen-bond acceptors (Lipinski definition) is 6. The zero-order valence-electron chi connectivity index (χ0n) is 12.5. The van der Waals surface area contributed by atoms with E-state index in [1.807, 2.05) is 0 Å². The molecule has 0 aliphatic rings. The predicted molar refractivity (Wildman–Crippen MR) is 86.4 cm³/mol. The molecule has 1 aromatic carbocycles. The number of nitrogens with one attached hydrogen (secondary N) is 1. The monoisotopic (exact) mass is 356 g/mol. The third-order valence-corrected chi connectivity index (χ3v) is 5.48. The molecule has 7 nitrogen and oxygen atoms in total. The van der Waals surface area contributed by atoms with E-state index >= 15 is 0 Å². The molecule has 0 saturated carbocycles. The summed E-state index contributed by atoms with van der Waals surface area (Å²) >= 11 is 1.02. The number of ether oxygens (including phenoxy) is 2. The Labute approximate surface area is 138 Å². The van der Waals surface area contributed by atoms with Crippen molar-refractivity contribution in [2.45, 2.75) is 10.8 Å². The molecule has 1 heterocycles. The van der Waals surface area contributed by atoms with Crippen LogP contribution in [-0.4, -0.2) is 28.5 Å². The number of methoxy groups -OCH3 is 2. The van der Waals surface area contributed by atoms with E-state index in [4.69, 9.17) is 14.6 Å². The van der Waals surface area contributed by atoms with E-state index in [1.54, 1.807) is 24.3 Å². The Kier molecular flexibility index (Phi) is 5.24. The number of benzene rings is 1. The highest BCUT2D eigenvalue weighted by Crippen LogP contribution is 2.23. The van der Waals surface area contributed by atoms with E-state index in [2.05, 4.69) is 5.32 Å². The SMILES string of the molecule is COc1cc(OC)cc(C(=O)NCc2ccc(S(N)(=O)=O)s2)c1. The molecule has 0 aliphatic heterocycles. The zero-order chi connectivity index (χ0) is 17.0. The smallest absolute Gasteiger partial charge is 0.251 e. The normalized spacial score (nSPS) is 11.1. The van der Waals surface area contributed by atoms with Crippen LogP contribution in [0.4, 0.5) is 0 Å². The summed E-state index contributed by atoms with van der Waals surface area (Å²) in [6.45, 7) is 0.193. The van der Waals surface area contributed by atoms with Crippen molar-refractivity contribution in [3.05, 3.63) is 40.8 Å². The highest BCUT2D eigenvalue weighted by molar-refractivity contribution is 7.91. The van der Waals surface area contributed by atoms with Crippen molar-refractivity contribution in [2.24, 2.45) is 5.14 Å². The minimum absolute atomic E-state index is 0.0600. The maximum atomic E-state index is 12.2. The lowest BCUT2D eigenvalue weighted by atomic mass is 10.2. The van der Waals surface area contributed by atoms with Crippen molar-refractivity contribution >= 4 is 27.3 Å². The zero-order valence-corrected chi connectivity index (χ0v) is 14.2. The van der Waals surface area contributed by atoms with Crippen LogP contribution in [0.2, 0.25) is 0 Å². The van der Waals surface area contributed by atoms with Crippen LogP contribution < -0.4 is 19.9 Å². The molecule has 2 aromatic rings. The Balaban J connectivity index is 2.09. The Morgan fingerprint density at radius 1 is 1.17 bits per heavy atom. The van der Waals surface area contributed by atoms with Crippen LogP contribution in [0.1, 0.15) is 15.2 Å². The quantitative estimate of drug-likeness (QED) is 0.812. The van der Waals surface area contributed by atoms with Crippen molar-refractivity contribution in [1.82, 2.24) is 5.32 Å². The summed E-state index contributed by atoms with van der Waals surface area (Å²) in [5.41, 5.74) is 0.379. The van der Waals surface area contributed by atoms with Gasteiger partial charge in [0.15, 0.2) is 0 Å². The first-order valence-electron chi connectivity index (χ1n) is 6.46. The van der Waals surface area contributed by atoms with Crippen molar-refractivity contribution in [3.8, 4) is 11.5 Å². The van der Waals surface area contributed by atoms with E-state index < -0.39 is 10.0 Å². The summed E-state index contributed by atoms with van der Waals surface area (Å²) in [4.78, 5) is 12.9. The van der Waals surface area contributed by atoms with Gasteiger partial charge in [0.1, 0.15) is 15.7 Å².